The van der Waals surface area contributed by atoms with E-state index in [1.165, 1.54) is 0 Å². The first-order valence-electron chi connectivity index (χ1n) is 4.37. The fourth-order valence-electron chi connectivity index (χ4n) is 1.14. The van der Waals surface area contributed by atoms with Gasteiger partial charge in [-0.3, -0.25) is 0 Å². The third-order valence-electron chi connectivity index (χ3n) is 2.15. The predicted molar refractivity (Wildman–Crippen MR) is 56.2 cm³/mol. The molecular weight excluding hydrogens is 202 g/mol. The smallest absolute Gasteiger partial charge is 0.0963 e. The van der Waals surface area contributed by atoms with Crippen molar-refractivity contribution in [3.05, 3.63) is 34.3 Å². The maximum absolute atomic E-state index is 9.66. The van der Waals surface area contributed by atoms with E-state index in [0.29, 0.717) is 10.6 Å². The first kappa shape index (κ1) is 11.5. The minimum Gasteiger partial charge on any atom is -0.395 e. The van der Waals surface area contributed by atoms with Crippen molar-refractivity contribution in [1.29, 1.82) is 0 Å². The Hall–Kier alpha value is -0.610. The molecule has 1 aromatic rings. The Bertz CT molecular complexity index is 317. The molecule has 0 spiro atoms. The summed E-state index contributed by atoms with van der Waals surface area (Å²) in [4.78, 5) is 0. The van der Waals surface area contributed by atoms with Gasteiger partial charge in [-0.15, -0.1) is 0 Å². The molecule has 0 aliphatic carbocycles. The number of hydrogen-bond acceptors (Lipinski definition) is 3. The van der Waals surface area contributed by atoms with E-state index >= 15 is 0 Å². The van der Waals surface area contributed by atoms with Crippen LogP contribution < -0.4 is 5.73 Å². The Labute approximate surface area is 88.1 Å². The zero-order valence-electron chi connectivity index (χ0n) is 7.94. The molecule has 2 atom stereocenters. The van der Waals surface area contributed by atoms with Crippen molar-refractivity contribution in [3.63, 3.8) is 0 Å². The van der Waals surface area contributed by atoms with Gasteiger partial charge in [-0.25, -0.2) is 0 Å². The second-order valence-corrected chi connectivity index (χ2v) is 3.71. The van der Waals surface area contributed by atoms with E-state index in [9.17, 15) is 5.11 Å². The van der Waals surface area contributed by atoms with Crippen molar-refractivity contribution in [2.75, 3.05) is 6.61 Å². The number of aliphatic hydroxyl groups excluding tert-OH is 2. The van der Waals surface area contributed by atoms with Crippen molar-refractivity contribution in [3.8, 4) is 0 Å². The van der Waals surface area contributed by atoms with E-state index in [-0.39, 0.29) is 6.61 Å². The van der Waals surface area contributed by atoms with Crippen molar-refractivity contribution >= 4 is 11.6 Å². The Morgan fingerprint density at radius 1 is 1.50 bits per heavy atom. The summed E-state index contributed by atoms with van der Waals surface area (Å²) in [5.41, 5.74) is 7.07. The van der Waals surface area contributed by atoms with Gasteiger partial charge in [0.05, 0.1) is 18.8 Å². The number of halogens is 1. The molecule has 2 unspecified atom stereocenters. The molecule has 4 heteroatoms. The molecule has 0 saturated heterocycles. The average Bonchev–Trinajstić information content (AvgIpc) is 2.20. The van der Waals surface area contributed by atoms with Gasteiger partial charge < -0.3 is 15.9 Å². The van der Waals surface area contributed by atoms with Crippen LogP contribution in [0, 0.1) is 6.92 Å². The first-order chi connectivity index (χ1) is 6.56. The van der Waals surface area contributed by atoms with Crippen molar-refractivity contribution in [1.82, 2.24) is 0 Å². The molecule has 3 nitrogen and oxygen atoms in total. The molecule has 1 rings (SSSR count). The van der Waals surface area contributed by atoms with Crippen LogP contribution in [0.5, 0.6) is 0 Å². The molecule has 78 valence electrons. The molecule has 0 fully saturated rings. The molecule has 4 N–H and O–H groups in total. The van der Waals surface area contributed by atoms with Gasteiger partial charge in [0.1, 0.15) is 0 Å². The third kappa shape index (κ3) is 2.45. The highest BCUT2D eigenvalue weighted by Gasteiger charge is 2.16. The van der Waals surface area contributed by atoms with E-state index in [1.54, 1.807) is 12.1 Å². The SMILES string of the molecule is Cc1ccc(C(O)C(N)CO)cc1Cl. The molecule has 14 heavy (non-hydrogen) atoms. The molecule has 0 heterocycles. The minimum atomic E-state index is -0.877. The first-order valence-corrected chi connectivity index (χ1v) is 4.74. The van der Waals surface area contributed by atoms with Crippen molar-refractivity contribution in [2.24, 2.45) is 5.73 Å². The molecule has 0 saturated carbocycles. The topological polar surface area (TPSA) is 66.5 Å². The van der Waals surface area contributed by atoms with E-state index in [0.717, 1.165) is 5.56 Å². The van der Waals surface area contributed by atoms with Crippen molar-refractivity contribution < 1.29 is 10.2 Å². The standard InChI is InChI=1S/C10H14ClNO2/c1-6-2-3-7(4-8(6)11)10(14)9(12)5-13/h2-4,9-10,13-14H,5,12H2,1H3. The van der Waals surface area contributed by atoms with Gasteiger partial charge in [0.25, 0.3) is 0 Å². The molecule has 0 amide bonds. The maximum atomic E-state index is 9.66. The second-order valence-electron chi connectivity index (χ2n) is 3.30. The van der Waals surface area contributed by atoms with Gasteiger partial charge in [-0.2, -0.15) is 0 Å². The van der Waals surface area contributed by atoms with Gasteiger partial charge >= 0.3 is 0 Å². The van der Waals surface area contributed by atoms with Crippen LogP contribution in [-0.2, 0) is 0 Å². The van der Waals surface area contributed by atoms with Crippen LogP contribution in [0.15, 0.2) is 18.2 Å². The maximum Gasteiger partial charge on any atom is 0.0963 e. The highest BCUT2D eigenvalue weighted by molar-refractivity contribution is 6.31. The largest absolute Gasteiger partial charge is 0.395 e. The van der Waals surface area contributed by atoms with Crippen LogP contribution in [0.3, 0.4) is 0 Å². The van der Waals surface area contributed by atoms with Crippen LogP contribution in [-0.4, -0.2) is 22.9 Å². The summed E-state index contributed by atoms with van der Waals surface area (Å²) in [6, 6.07) is 4.55. The summed E-state index contributed by atoms with van der Waals surface area (Å²) in [6.45, 7) is 1.62. The third-order valence-corrected chi connectivity index (χ3v) is 2.56. The monoisotopic (exact) mass is 215 g/mol. The summed E-state index contributed by atoms with van der Waals surface area (Å²) < 4.78 is 0. The zero-order chi connectivity index (χ0) is 10.7. The van der Waals surface area contributed by atoms with Crippen molar-refractivity contribution in [2.45, 2.75) is 19.1 Å². The Kier molecular flexibility index (Phi) is 3.89. The number of nitrogens with two attached hydrogens (primary N) is 1. The van der Waals surface area contributed by atoms with Crippen LogP contribution in [0.1, 0.15) is 17.2 Å². The molecular formula is C10H14ClNO2. The van der Waals surface area contributed by atoms with Gasteiger partial charge in [0.2, 0.25) is 0 Å². The van der Waals surface area contributed by atoms with E-state index in [2.05, 4.69) is 0 Å². The van der Waals surface area contributed by atoms with E-state index < -0.39 is 12.1 Å². The normalized spacial score (nSPS) is 15.2. The van der Waals surface area contributed by atoms with Gasteiger partial charge in [0, 0.05) is 5.02 Å². The number of hydrogen-bond donors (Lipinski definition) is 3. The Balaban J connectivity index is 2.91. The molecule has 0 bridgehead atoms. The number of aliphatic hydroxyl groups is 2. The molecule has 0 aromatic heterocycles. The lowest BCUT2D eigenvalue weighted by molar-refractivity contribution is 0.109. The molecule has 0 aliphatic heterocycles. The number of benzene rings is 1. The fraction of sp³-hybridized carbons (Fsp3) is 0.400. The van der Waals surface area contributed by atoms with Crippen LogP contribution in [0.2, 0.25) is 5.02 Å². The van der Waals surface area contributed by atoms with Crippen LogP contribution in [0.25, 0.3) is 0 Å². The van der Waals surface area contributed by atoms with Gasteiger partial charge in [-0.1, -0.05) is 23.7 Å². The summed E-state index contributed by atoms with van der Waals surface area (Å²) in [6.07, 6.45) is -0.877. The van der Waals surface area contributed by atoms with Crippen LogP contribution >= 0.6 is 11.6 Å². The molecule has 0 radical (unpaired) electrons. The zero-order valence-corrected chi connectivity index (χ0v) is 8.70. The average molecular weight is 216 g/mol. The lowest BCUT2D eigenvalue weighted by atomic mass is 10.0. The van der Waals surface area contributed by atoms with Gasteiger partial charge in [-0.05, 0) is 24.1 Å². The fourth-order valence-corrected chi connectivity index (χ4v) is 1.33. The number of aryl methyl sites for hydroxylation is 1. The Morgan fingerprint density at radius 3 is 2.64 bits per heavy atom. The predicted octanol–water partition coefficient (Wildman–Crippen LogP) is 1.00. The summed E-state index contributed by atoms with van der Waals surface area (Å²) in [7, 11) is 0. The van der Waals surface area contributed by atoms with E-state index in [4.69, 9.17) is 22.4 Å². The Morgan fingerprint density at radius 2 is 2.14 bits per heavy atom. The van der Waals surface area contributed by atoms with E-state index in [1.807, 2.05) is 13.0 Å². The quantitative estimate of drug-likeness (QED) is 0.705. The highest BCUT2D eigenvalue weighted by Crippen LogP contribution is 2.22. The highest BCUT2D eigenvalue weighted by atomic mass is 35.5. The lowest BCUT2D eigenvalue weighted by Crippen LogP contribution is -2.31. The lowest BCUT2D eigenvalue weighted by Gasteiger charge is -2.17. The number of rotatable bonds is 3. The molecule has 1 aromatic carbocycles. The summed E-state index contributed by atoms with van der Waals surface area (Å²) in [5.74, 6) is 0. The second kappa shape index (κ2) is 4.75. The summed E-state index contributed by atoms with van der Waals surface area (Å²) >= 11 is 5.89. The minimum absolute atomic E-state index is 0.257. The molecule has 0 aliphatic rings. The van der Waals surface area contributed by atoms with Gasteiger partial charge in [0.15, 0.2) is 0 Å². The summed E-state index contributed by atoms with van der Waals surface area (Å²) in [5, 5.41) is 19.0. The van der Waals surface area contributed by atoms with Crippen LogP contribution in [0.4, 0.5) is 0 Å².